The Balaban J connectivity index is 1.60. The van der Waals surface area contributed by atoms with Crippen LogP contribution in [0.5, 0.6) is 0 Å². The molecule has 0 fully saturated rings. The van der Waals surface area contributed by atoms with Crippen LogP contribution in [0.25, 0.3) is 12.2 Å². The van der Waals surface area contributed by atoms with Crippen molar-refractivity contribution in [1.82, 2.24) is 0 Å². The second-order valence-electron chi connectivity index (χ2n) is 12.4. The average molecular weight is 583 g/mol. The van der Waals surface area contributed by atoms with Crippen LogP contribution in [0, 0.1) is 11.8 Å². The van der Waals surface area contributed by atoms with Gasteiger partial charge in [-0.05, 0) is 0 Å². The molecule has 0 aromatic heterocycles. The zero-order valence-electron chi connectivity index (χ0n) is 23.8. The van der Waals surface area contributed by atoms with Gasteiger partial charge in [-0.3, -0.25) is 0 Å². The number of rotatable bonds is 8. The van der Waals surface area contributed by atoms with Gasteiger partial charge in [-0.1, -0.05) is 0 Å². The van der Waals surface area contributed by atoms with Crippen molar-refractivity contribution in [3.05, 3.63) is 111 Å². The first-order chi connectivity index (χ1) is 17.7. The van der Waals surface area contributed by atoms with E-state index in [1.807, 2.05) is 0 Å². The van der Waals surface area contributed by atoms with Gasteiger partial charge in [0.15, 0.2) is 0 Å². The Kier molecular flexibility index (Phi) is 8.09. The van der Waals surface area contributed by atoms with Crippen LogP contribution >= 0.6 is 0 Å². The molecule has 0 heterocycles. The molecule has 0 saturated carbocycles. The van der Waals surface area contributed by atoms with Crippen molar-refractivity contribution >= 4 is 23.3 Å². The Hall–Kier alpha value is -1.76. The van der Waals surface area contributed by atoms with Gasteiger partial charge in [-0.15, -0.1) is 0 Å². The Morgan fingerprint density at radius 3 is 1.57 bits per heavy atom. The Morgan fingerprint density at radius 1 is 0.676 bits per heavy atom. The van der Waals surface area contributed by atoms with Crippen molar-refractivity contribution in [3.8, 4) is 0 Å². The van der Waals surface area contributed by atoms with E-state index in [4.69, 9.17) is 0 Å². The molecule has 0 saturated heterocycles. The van der Waals surface area contributed by atoms with Gasteiger partial charge in [0, 0.05) is 0 Å². The quantitative estimate of drug-likeness (QED) is 0.233. The summed E-state index contributed by atoms with van der Waals surface area (Å²) in [5.41, 5.74) is 12.6. The maximum absolute atomic E-state index is 2.70. The van der Waals surface area contributed by atoms with E-state index in [1.165, 1.54) is 35.1 Å². The summed E-state index contributed by atoms with van der Waals surface area (Å²) in [6, 6.07) is 26.6. The molecule has 37 heavy (non-hydrogen) atoms. The summed E-state index contributed by atoms with van der Waals surface area (Å²) in [4.78, 5) is 0. The molecule has 191 valence electrons. The van der Waals surface area contributed by atoms with Gasteiger partial charge in [0.1, 0.15) is 0 Å². The molecule has 0 radical (unpaired) electrons. The monoisotopic (exact) mass is 581 g/mol. The summed E-state index contributed by atoms with van der Waals surface area (Å²) in [6.07, 6.45) is 7.44. The maximum atomic E-state index is 2.70. The van der Waals surface area contributed by atoms with Crippen LogP contribution in [0.2, 0.25) is 6.55 Å². The van der Waals surface area contributed by atoms with E-state index in [9.17, 15) is 0 Å². The first-order valence-electron chi connectivity index (χ1n) is 14.3. The number of benzene rings is 3. The van der Waals surface area contributed by atoms with Gasteiger partial charge < -0.3 is 0 Å². The molecule has 0 amide bonds. The molecule has 0 aliphatic heterocycles. The van der Waals surface area contributed by atoms with E-state index >= 15 is 0 Å². The first kappa shape index (κ1) is 26.8. The molecular formula is C35H43SiZr. The van der Waals surface area contributed by atoms with Crippen molar-refractivity contribution < 1.29 is 20.9 Å². The van der Waals surface area contributed by atoms with Crippen molar-refractivity contribution in [2.45, 2.75) is 68.2 Å². The fourth-order valence-electron chi connectivity index (χ4n) is 6.85. The van der Waals surface area contributed by atoms with Crippen LogP contribution in [0.3, 0.4) is 0 Å². The second kappa shape index (κ2) is 11.2. The fraction of sp³-hybridized carbons (Fsp3) is 0.371. The van der Waals surface area contributed by atoms with E-state index in [1.54, 1.807) is 27.5 Å². The van der Waals surface area contributed by atoms with Gasteiger partial charge in [-0.25, -0.2) is 0 Å². The third-order valence-electron chi connectivity index (χ3n) is 8.36. The molecule has 0 N–H and O–H groups in total. The summed E-state index contributed by atoms with van der Waals surface area (Å²) in [5.74, 6) is 0.256. The van der Waals surface area contributed by atoms with Crippen LogP contribution < -0.4 is 5.19 Å². The number of hydrogen-bond donors (Lipinski definition) is 0. The molecule has 3 aromatic carbocycles. The predicted molar refractivity (Wildman–Crippen MR) is 162 cm³/mol. The van der Waals surface area contributed by atoms with E-state index in [2.05, 4.69) is 127 Å². The van der Waals surface area contributed by atoms with Crippen molar-refractivity contribution in [1.29, 1.82) is 0 Å². The minimum atomic E-state index is -2.14. The van der Waals surface area contributed by atoms with Gasteiger partial charge in [0.25, 0.3) is 0 Å². The standard InChI is InChI=1S/2C14H17.C7H9Si.Zr/c2*1-10(2)6-12-4-5-13-7-11(3)8-14(13)9-12;1-8-7-5-3-2-4-6-7;/h2*4-5,7-10H,6H2,1-3H3;2-6,8H,1H3;. The van der Waals surface area contributed by atoms with Gasteiger partial charge in [0.2, 0.25) is 0 Å². The van der Waals surface area contributed by atoms with E-state index in [-0.39, 0.29) is 0 Å². The molecule has 5 rings (SSSR count). The van der Waals surface area contributed by atoms with Crippen molar-refractivity contribution in [2.75, 3.05) is 0 Å². The van der Waals surface area contributed by atoms with E-state index in [0.717, 1.165) is 0 Å². The molecule has 2 aliphatic rings. The topological polar surface area (TPSA) is 0 Å². The third-order valence-corrected chi connectivity index (χ3v) is 31.6. The molecule has 3 unspecified atom stereocenters. The summed E-state index contributed by atoms with van der Waals surface area (Å²) >= 11 is -2.14. The molecule has 2 aliphatic carbocycles. The summed E-state index contributed by atoms with van der Waals surface area (Å²) in [5, 5.41) is 1.67. The number of hydrogen-bond acceptors (Lipinski definition) is 0. The third kappa shape index (κ3) is 5.53. The minimum absolute atomic E-state index is 0.682. The first-order valence-corrected chi connectivity index (χ1v) is 23.7. The average Bonchev–Trinajstić information content (AvgIpc) is 3.34. The van der Waals surface area contributed by atoms with Crippen LogP contribution in [-0.4, -0.2) is 5.92 Å². The molecule has 0 nitrogen and oxygen atoms in total. The molecule has 0 bridgehead atoms. The van der Waals surface area contributed by atoms with Crippen LogP contribution in [0.4, 0.5) is 0 Å². The van der Waals surface area contributed by atoms with Gasteiger partial charge in [0.05, 0.1) is 0 Å². The fourth-order valence-corrected chi connectivity index (χ4v) is 32.8. The van der Waals surface area contributed by atoms with Crippen molar-refractivity contribution in [2.24, 2.45) is 11.8 Å². The summed E-state index contributed by atoms with van der Waals surface area (Å²) in [7, 11) is 0. The Labute approximate surface area is 234 Å². The van der Waals surface area contributed by atoms with Gasteiger partial charge >= 0.3 is 235 Å². The SMILES string of the molecule is CC1=Cc2cc(CC(C)C)ccc2[CH]1[Zr]([CH]1C(C)=Cc2cc(CC(C)C)ccc21)[SiH](C)c1ccccc1. The molecule has 3 aromatic rings. The Morgan fingerprint density at radius 2 is 1.14 bits per heavy atom. The summed E-state index contributed by atoms with van der Waals surface area (Å²) < 4.78 is 1.36. The second-order valence-corrected chi connectivity index (χ2v) is 30.1. The van der Waals surface area contributed by atoms with Crippen molar-refractivity contribution in [3.63, 3.8) is 0 Å². The zero-order chi connectivity index (χ0) is 26.3. The predicted octanol–water partition coefficient (Wildman–Crippen LogP) is 8.58. The number of allylic oxidation sites excluding steroid dienone is 2. The molecular weight excluding hydrogens is 540 g/mol. The Bertz CT molecular complexity index is 1250. The van der Waals surface area contributed by atoms with E-state index < -0.39 is 26.8 Å². The summed E-state index contributed by atoms with van der Waals surface area (Å²) in [6.45, 7) is 16.9. The van der Waals surface area contributed by atoms with Gasteiger partial charge in [-0.2, -0.15) is 0 Å². The van der Waals surface area contributed by atoms with Crippen LogP contribution in [0.15, 0.2) is 77.9 Å². The molecule has 2 heteroatoms. The molecule has 3 atom stereocenters. The van der Waals surface area contributed by atoms with Crippen LogP contribution in [0.1, 0.15) is 82.2 Å². The van der Waals surface area contributed by atoms with E-state index in [0.29, 0.717) is 19.1 Å². The van der Waals surface area contributed by atoms with Crippen LogP contribution in [-0.2, 0) is 33.8 Å². The zero-order valence-corrected chi connectivity index (χ0v) is 27.4. The normalized spacial score (nSPS) is 19.1. The molecule has 0 spiro atoms. The number of fused-ring (bicyclic) bond motifs is 2.